The van der Waals surface area contributed by atoms with Crippen molar-refractivity contribution in [2.75, 3.05) is 31.9 Å². The molecule has 1 amide bonds. The van der Waals surface area contributed by atoms with Crippen molar-refractivity contribution in [3.8, 4) is 0 Å². The summed E-state index contributed by atoms with van der Waals surface area (Å²) in [6, 6.07) is 10.7. The van der Waals surface area contributed by atoms with Gasteiger partial charge >= 0.3 is 0 Å². The second-order valence-corrected chi connectivity index (χ2v) is 8.37. The molecule has 1 atom stereocenters. The Labute approximate surface area is 159 Å². The number of nitrogens with zero attached hydrogens (tertiary/aromatic N) is 3. The molecule has 2 aromatic rings. The van der Waals surface area contributed by atoms with Crippen LogP contribution in [0.2, 0.25) is 0 Å². The molecule has 3 heterocycles. The number of hydrogen-bond acceptors (Lipinski definition) is 5. The average Bonchev–Trinajstić information content (AvgIpc) is 3.08. The number of hydrogen-bond donors (Lipinski definition) is 1. The fourth-order valence-electron chi connectivity index (χ4n) is 4.58. The van der Waals surface area contributed by atoms with Crippen molar-refractivity contribution in [2.24, 2.45) is 5.41 Å². The fourth-order valence-corrected chi connectivity index (χ4v) is 5.17. The monoisotopic (exact) mass is 370 g/mol. The van der Waals surface area contributed by atoms with Crippen LogP contribution in [-0.2, 0) is 6.54 Å². The van der Waals surface area contributed by atoms with Crippen molar-refractivity contribution >= 4 is 23.3 Å². The van der Waals surface area contributed by atoms with Gasteiger partial charge in [0, 0.05) is 37.0 Å². The second kappa shape index (κ2) is 7.37. The highest BCUT2D eigenvalue weighted by molar-refractivity contribution is 7.04. The summed E-state index contributed by atoms with van der Waals surface area (Å²) in [5, 5.41) is 1.78. The summed E-state index contributed by atoms with van der Waals surface area (Å²) in [6.07, 6.45) is 4.69. The molecule has 2 aliphatic rings. The van der Waals surface area contributed by atoms with Crippen molar-refractivity contribution in [1.82, 2.24) is 14.2 Å². The molecule has 0 aliphatic carbocycles. The zero-order chi connectivity index (χ0) is 18.0. The predicted octanol–water partition coefficient (Wildman–Crippen LogP) is 3.24. The van der Waals surface area contributed by atoms with E-state index >= 15 is 0 Å². The van der Waals surface area contributed by atoms with Crippen LogP contribution in [0.5, 0.6) is 0 Å². The van der Waals surface area contributed by atoms with E-state index < -0.39 is 0 Å². The SMILES string of the molecule is Nc1nscc1C(=O)N1CCC[C@@]2(CCCN(Cc3ccccc3)C2)C1. The number of carbonyl (C=O) groups excluding carboxylic acids is 1. The number of anilines is 1. The lowest BCUT2D eigenvalue weighted by molar-refractivity contribution is 0.0114. The van der Waals surface area contributed by atoms with Crippen LogP contribution in [0.25, 0.3) is 0 Å². The van der Waals surface area contributed by atoms with Crippen molar-refractivity contribution in [2.45, 2.75) is 32.2 Å². The minimum atomic E-state index is 0.0514. The summed E-state index contributed by atoms with van der Waals surface area (Å²) in [7, 11) is 0. The Kier molecular flexibility index (Phi) is 4.96. The van der Waals surface area contributed by atoms with Crippen LogP contribution in [0, 0.1) is 5.41 Å². The minimum Gasteiger partial charge on any atom is -0.382 e. The fraction of sp³-hybridized carbons (Fsp3) is 0.500. The maximum atomic E-state index is 12.9. The van der Waals surface area contributed by atoms with Crippen LogP contribution in [0.15, 0.2) is 35.7 Å². The number of piperidine rings is 2. The van der Waals surface area contributed by atoms with Gasteiger partial charge in [-0.25, -0.2) is 0 Å². The lowest BCUT2D eigenvalue weighted by Gasteiger charge is -2.48. The lowest BCUT2D eigenvalue weighted by Crippen LogP contribution is -2.53. The Morgan fingerprint density at radius 1 is 1.15 bits per heavy atom. The number of nitrogens with two attached hydrogens (primary N) is 1. The maximum absolute atomic E-state index is 12.9. The molecular formula is C20H26N4OS. The van der Waals surface area contributed by atoms with Gasteiger partial charge in [-0.1, -0.05) is 30.3 Å². The van der Waals surface area contributed by atoms with Crippen LogP contribution in [0.4, 0.5) is 5.82 Å². The van der Waals surface area contributed by atoms with E-state index in [9.17, 15) is 4.79 Å². The molecule has 26 heavy (non-hydrogen) atoms. The molecule has 0 saturated carbocycles. The van der Waals surface area contributed by atoms with Crippen LogP contribution in [0.1, 0.15) is 41.6 Å². The first-order valence-corrected chi connectivity index (χ1v) is 10.2. The van der Waals surface area contributed by atoms with Crippen LogP contribution in [-0.4, -0.2) is 46.3 Å². The molecule has 0 unspecified atom stereocenters. The van der Waals surface area contributed by atoms with Gasteiger partial charge in [0.2, 0.25) is 0 Å². The van der Waals surface area contributed by atoms with E-state index in [-0.39, 0.29) is 11.3 Å². The molecule has 5 nitrogen and oxygen atoms in total. The average molecular weight is 371 g/mol. The molecule has 4 rings (SSSR count). The topological polar surface area (TPSA) is 62.5 Å². The van der Waals surface area contributed by atoms with Crippen molar-refractivity contribution in [3.63, 3.8) is 0 Å². The highest BCUT2D eigenvalue weighted by atomic mass is 32.1. The number of amides is 1. The van der Waals surface area contributed by atoms with Crippen molar-refractivity contribution in [3.05, 3.63) is 46.8 Å². The molecule has 1 aromatic heterocycles. The zero-order valence-corrected chi connectivity index (χ0v) is 15.9. The van der Waals surface area contributed by atoms with E-state index in [2.05, 4.69) is 39.6 Å². The summed E-state index contributed by atoms with van der Waals surface area (Å²) in [5.41, 5.74) is 8.03. The van der Waals surface area contributed by atoms with E-state index in [0.717, 1.165) is 39.1 Å². The number of carbonyl (C=O) groups is 1. The molecule has 0 radical (unpaired) electrons. The van der Waals surface area contributed by atoms with E-state index in [1.54, 1.807) is 5.38 Å². The molecular weight excluding hydrogens is 344 g/mol. The molecule has 138 valence electrons. The molecule has 2 fully saturated rings. The summed E-state index contributed by atoms with van der Waals surface area (Å²) < 4.78 is 4.06. The van der Waals surface area contributed by atoms with Gasteiger partial charge in [0.05, 0.1) is 5.56 Å². The van der Waals surface area contributed by atoms with Crippen molar-refractivity contribution in [1.29, 1.82) is 0 Å². The molecule has 2 saturated heterocycles. The van der Waals surface area contributed by atoms with E-state index in [1.807, 2.05) is 4.90 Å². The Hall–Kier alpha value is -1.92. The summed E-state index contributed by atoms with van der Waals surface area (Å²) in [5.74, 6) is 0.421. The van der Waals surface area contributed by atoms with Gasteiger partial charge in [-0.15, -0.1) is 0 Å². The number of nitrogen functional groups attached to an aromatic ring is 1. The highest BCUT2D eigenvalue weighted by Crippen LogP contribution is 2.39. The lowest BCUT2D eigenvalue weighted by atomic mass is 9.73. The first-order chi connectivity index (χ1) is 12.7. The number of likely N-dealkylation sites (tertiary alicyclic amines) is 2. The smallest absolute Gasteiger partial charge is 0.258 e. The van der Waals surface area contributed by atoms with Crippen LogP contribution in [0.3, 0.4) is 0 Å². The Balaban J connectivity index is 1.45. The minimum absolute atomic E-state index is 0.0514. The third-order valence-electron chi connectivity index (χ3n) is 5.77. The molecule has 1 aromatic carbocycles. The molecule has 1 spiro atoms. The standard InChI is InChI=1S/C20H26N4OS/c21-18-17(13-26-22-18)19(25)24-11-5-9-20(15-24)8-4-10-23(14-20)12-16-6-2-1-3-7-16/h1-3,6-7,13H,4-5,8-12,14-15H2,(H2,21,22)/t20-/m1/s1. The molecule has 6 heteroatoms. The van der Waals surface area contributed by atoms with E-state index in [4.69, 9.17) is 5.73 Å². The van der Waals surface area contributed by atoms with Crippen LogP contribution < -0.4 is 5.73 Å². The van der Waals surface area contributed by atoms with Gasteiger partial charge in [-0.3, -0.25) is 9.69 Å². The van der Waals surface area contributed by atoms with Crippen molar-refractivity contribution < 1.29 is 4.79 Å². The normalized spacial score (nSPS) is 24.1. The van der Waals surface area contributed by atoms with Gasteiger partial charge in [0.15, 0.2) is 0 Å². The summed E-state index contributed by atoms with van der Waals surface area (Å²) in [4.78, 5) is 17.5. The van der Waals surface area contributed by atoms with Gasteiger partial charge in [-0.05, 0) is 49.3 Å². The van der Waals surface area contributed by atoms with Gasteiger partial charge in [-0.2, -0.15) is 4.37 Å². The van der Waals surface area contributed by atoms with Crippen LogP contribution >= 0.6 is 11.5 Å². The summed E-state index contributed by atoms with van der Waals surface area (Å²) >= 11 is 1.26. The van der Waals surface area contributed by atoms with Gasteiger partial charge < -0.3 is 10.6 Å². The molecule has 2 N–H and O–H groups in total. The molecule has 2 aliphatic heterocycles. The Bertz CT molecular complexity index is 758. The van der Waals surface area contributed by atoms with E-state index in [0.29, 0.717) is 11.4 Å². The zero-order valence-electron chi connectivity index (χ0n) is 15.1. The third-order valence-corrected chi connectivity index (χ3v) is 6.41. The summed E-state index contributed by atoms with van der Waals surface area (Å²) in [6.45, 7) is 4.88. The predicted molar refractivity (Wildman–Crippen MR) is 105 cm³/mol. The first-order valence-electron chi connectivity index (χ1n) is 9.41. The molecule has 0 bridgehead atoms. The second-order valence-electron chi connectivity index (χ2n) is 7.74. The number of benzene rings is 1. The first kappa shape index (κ1) is 17.5. The number of rotatable bonds is 3. The van der Waals surface area contributed by atoms with Gasteiger partial charge in [0.1, 0.15) is 5.82 Å². The quantitative estimate of drug-likeness (QED) is 0.901. The third kappa shape index (κ3) is 3.62. The Morgan fingerprint density at radius 2 is 1.92 bits per heavy atom. The largest absolute Gasteiger partial charge is 0.382 e. The highest BCUT2D eigenvalue weighted by Gasteiger charge is 2.40. The maximum Gasteiger partial charge on any atom is 0.258 e. The van der Waals surface area contributed by atoms with E-state index in [1.165, 1.54) is 36.4 Å². The van der Waals surface area contributed by atoms with Gasteiger partial charge in [0.25, 0.3) is 5.91 Å². The Morgan fingerprint density at radius 3 is 2.65 bits per heavy atom. The number of aromatic nitrogens is 1.